The molecule has 0 N–H and O–H groups in total. The Balaban J connectivity index is 1.59. The predicted molar refractivity (Wildman–Crippen MR) is 176 cm³/mol. The van der Waals surface area contributed by atoms with Crippen molar-refractivity contribution in [3.63, 3.8) is 0 Å². The largest absolute Gasteiger partial charge is 0.333 e. The van der Waals surface area contributed by atoms with Gasteiger partial charge in [0.25, 0.3) is 0 Å². The molecular weight excluding hydrogens is 496 g/mol. The summed E-state index contributed by atoms with van der Waals surface area (Å²) in [7, 11) is 0. The lowest BCUT2D eigenvalue weighted by Crippen LogP contribution is -2.31. The highest BCUT2D eigenvalue weighted by Gasteiger charge is 2.32. The molecule has 0 fully saturated rings. The van der Waals surface area contributed by atoms with E-state index < -0.39 is 0 Å². The molecule has 2 heteroatoms. The average molecular weight is 531 g/mol. The number of nitrogens with zero attached hydrogens (tertiary/aromatic N) is 2. The van der Waals surface area contributed by atoms with Crippen molar-refractivity contribution < 1.29 is 0 Å². The van der Waals surface area contributed by atoms with Gasteiger partial charge in [0.2, 0.25) is 0 Å². The van der Waals surface area contributed by atoms with Gasteiger partial charge in [-0.15, -0.1) is 0 Å². The van der Waals surface area contributed by atoms with Crippen LogP contribution in [0, 0.1) is 0 Å². The van der Waals surface area contributed by atoms with Crippen molar-refractivity contribution in [1.29, 1.82) is 0 Å². The SMILES string of the molecule is CC1CC=Cc2c1c(N(c1ccccc1)C1C=CC=CC1)c1ccccc1c2N(c1ccccc1)c1ccccc1. The van der Waals surface area contributed by atoms with Crippen LogP contribution in [0.1, 0.15) is 36.8 Å². The Bertz CT molecular complexity index is 1710. The van der Waals surface area contributed by atoms with Gasteiger partial charge in [0, 0.05) is 33.4 Å². The highest BCUT2D eigenvalue weighted by Crippen LogP contribution is 2.52. The van der Waals surface area contributed by atoms with Gasteiger partial charge < -0.3 is 9.80 Å². The molecule has 2 aliphatic rings. The molecule has 0 bridgehead atoms. The molecule has 0 aromatic heterocycles. The zero-order valence-electron chi connectivity index (χ0n) is 23.4. The Labute approximate surface area is 243 Å². The van der Waals surface area contributed by atoms with E-state index in [1.807, 2.05) is 0 Å². The smallest absolute Gasteiger partial charge is 0.0616 e. The molecule has 2 aliphatic carbocycles. The van der Waals surface area contributed by atoms with E-state index in [9.17, 15) is 0 Å². The molecule has 0 saturated heterocycles. The molecule has 5 aromatic rings. The van der Waals surface area contributed by atoms with Gasteiger partial charge in [-0.1, -0.05) is 122 Å². The van der Waals surface area contributed by atoms with Gasteiger partial charge in [-0.05, 0) is 60.7 Å². The van der Waals surface area contributed by atoms with Crippen molar-refractivity contribution in [3.8, 4) is 0 Å². The molecule has 0 aliphatic heterocycles. The molecule has 41 heavy (non-hydrogen) atoms. The minimum Gasteiger partial charge on any atom is -0.333 e. The fourth-order valence-corrected chi connectivity index (χ4v) is 6.51. The lowest BCUT2D eigenvalue weighted by molar-refractivity contribution is 0.744. The van der Waals surface area contributed by atoms with Crippen LogP contribution in [-0.4, -0.2) is 6.04 Å². The molecule has 2 nitrogen and oxygen atoms in total. The highest BCUT2D eigenvalue weighted by atomic mass is 15.2. The van der Waals surface area contributed by atoms with Crippen molar-refractivity contribution in [2.45, 2.75) is 31.7 Å². The second-order valence-corrected chi connectivity index (χ2v) is 10.9. The summed E-state index contributed by atoms with van der Waals surface area (Å²) in [5, 5.41) is 2.54. The van der Waals surface area contributed by atoms with Crippen LogP contribution in [0.15, 0.2) is 146 Å². The Morgan fingerprint density at radius 2 is 1.12 bits per heavy atom. The summed E-state index contributed by atoms with van der Waals surface area (Å²) in [5.41, 5.74) is 8.84. The van der Waals surface area contributed by atoms with E-state index in [1.165, 1.54) is 39.0 Å². The summed E-state index contributed by atoms with van der Waals surface area (Å²) < 4.78 is 0. The van der Waals surface area contributed by atoms with E-state index in [0.717, 1.165) is 24.2 Å². The van der Waals surface area contributed by atoms with Crippen LogP contribution in [0.5, 0.6) is 0 Å². The van der Waals surface area contributed by atoms with Crippen molar-refractivity contribution in [3.05, 3.63) is 157 Å². The topological polar surface area (TPSA) is 6.48 Å². The Kier molecular flexibility index (Phi) is 6.74. The van der Waals surface area contributed by atoms with E-state index in [1.54, 1.807) is 0 Å². The second kappa shape index (κ2) is 11.0. The van der Waals surface area contributed by atoms with Crippen LogP contribution < -0.4 is 9.80 Å². The van der Waals surface area contributed by atoms with Gasteiger partial charge in [-0.3, -0.25) is 0 Å². The van der Waals surface area contributed by atoms with Gasteiger partial charge in [-0.25, -0.2) is 0 Å². The fraction of sp³-hybridized carbons (Fsp3) is 0.128. The molecule has 7 rings (SSSR count). The zero-order chi connectivity index (χ0) is 27.6. The van der Waals surface area contributed by atoms with E-state index in [-0.39, 0.29) is 6.04 Å². The molecule has 2 unspecified atom stereocenters. The number of benzene rings is 5. The number of anilines is 5. The molecule has 0 heterocycles. The maximum absolute atomic E-state index is 2.59. The van der Waals surface area contributed by atoms with Gasteiger partial charge in [0.1, 0.15) is 0 Å². The highest BCUT2D eigenvalue weighted by molar-refractivity contribution is 6.11. The van der Waals surface area contributed by atoms with Crippen LogP contribution >= 0.6 is 0 Å². The summed E-state index contributed by atoms with van der Waals surface area (Å²) >= 11 is 0. The molecule has 200 valence electrons. The van der Waals surface area contributed by atoms with E-state index in [0.29, 0.717) is 5.92 Å². The van der Waals surface area contributed by atoms with Crippen LogP contribution in [0.3, 0.4) is 0 Å². The Morgan fingerprint density at radius 1 is 0.561 bits per heavy atom. The molecule has 0 amide bonds. The minimum atomic E-state index is 0.234. The quantitative estimate of drug-likeness (QED) is 0.201. The first-order valence-electron chi connectivity index (χ1n) is 14.6. The summed E-state index contributed by atoms with van der Waals surface area (Å²) in [6.45, 7) is 2.39. The first-order valence-corrected chi connectivity index (χ1v) is 14.6. The molecule has 5 aromatic carbocycles. The second-order valence-electron chi connectivity index (χ2n) is 10.9. The minimum absolute atomic E-state index is 0.234. The normalized spacial score (nSPS) is 17.4. The van der Waals surface area contributed by atoms with Crippen LogP contribution in [0.2, 0.25) is 0 Å². The summed E-state index contributed by atoms with van der Waals surface area (Å²) in [4.78, 5) is 5.04. The third-order valence-corrected chi connectivity index (χ3v) is 8.32. The maximum atomic E-state index is 2.59. The monoisotopic (exact) mass is 530 g/mol. The number of hydrogen-bond donors (Lipinski definition) is 0. The number of allylic oxidation sites excluding steroid dienone is 3. The maximum Gasteiger partial charge on any atom is 0.0616 e. The van der Waals surface area contributed by atoms with Crippen LogP contribution in [0.25, 0.3) is 16.8 Å². The van der Waals surface area contributed by atoms with Gasteiger partial charge in [0.15, 0.2) is 0 Å². The standard InChI is InChI=1S/C39H34N2/c1-29-17-16-28-36-37(29)39(41(32-22-10-4-11-23-32)33-24-12-5-13-25-33)35-27-15-14-26-34(35)38(36)40(30-18-6-2-7-19-30)31-20-8-3-9-21-31/h2-16,18-24,26-29,33H,17,25H2,1H3. The van der Waals surface area contributed by atoms with Gasteiger partial charge in [-0.2, -0.15) is 0 Å². The Hall–Kier alpha value is -4.82. The summed E-state index contributed by atoms with van der Waals surface area (Å²) in [6, 6.07) is 41.7. The van der Waals surface area contributed by atoms with Gasteiger partial charge in [0.05, 0.1) is 17.4 Å². The van der Waals surface area contributed by atoms with Crippen molar-refractivity contribution in [2.24, 2.45) is 0 Å². The summed E-state index contributed by atoms with van der Waals surface area (Å²) in [5.74, 6) is 0.371. The lowest BCUT2D eigenvalue weighted by Gasteiger charge is -2.39. The van der Waals surface area contributed by atoms with Gasteiger partial charge >= 0.3 is 0 Å². The predicted octanol–water partition coefficient (Wildman–Crippen LogP) is 10.9. The Morgan fingerprint density at radius 3 is 1.71 bits per heavy atom. The number of para-hydroxylation sites is 3. The van der Waals surface area contributed by atoms with E-state index >= 15 is 0 Å². The molecule has 0 radical (unpaired) electrons. The fourth-order valence-electron chi connectivity index (χ4n) is 6.51. The third-order valence-electron chi connectivity index (χ3n) is 8.32. The van der Waals surface area contributed by atoms with Crippen molar-refractivity contribution in [1.82, 2.24) is 0 Å². The molecule has 0 saturated carbocycles. The van der Waals surface area contributed by atoms with Crippen LogP contribution in [-0.2, 0) is 0 Å². The average Bonchev–Trinajstić information content (AvgIpc) is 3.04. The zero-order valence-corrected chi connectivity index (χ0v) is 23.4. The number of fused-ring (bicyclic) bond motifs is 2. The summed E-state index contributed by atoms with van der Waals surface area (Å²) in [6.07, 6.45) is 15.7. The van der Waals surface area contributed by atoms with Crippen molar-refractivity contribution in [2.75, 3.05) is 9.80 Å². The number of hydrogen-bond acceptors (Lipinski definition) is 2. The molecular formula is C39H34N2. The lowest BCUT2D eigenvalue weighted by atomic mass is 9.82. The molecule has 0 spiro atoms. The van der Waals surface area contributed by atoms with Crippen molar-refractivity contribution >= 4 is 45.3 Å². The third kappa shape index (κ3) is 4.56. The van der Waals surface area contributed by atoms with Crippen LogP contribution in [0.4, 0.5) is 28.4 Å². The first kappa shape index (κ1) is 25.2. The number of rotatable bonds is 6. The van der Waals surface area contributed by atoms with E-state index in [4.69, 9.17) is 0 Å². The van der Waals surface area contributed by atoms with E-state index in [2.05, 4.69) is 168 Å². The first-order chi connectivity index (χ1) is 20.3. The molecule has 2 atom stereocenters.